The fourth-order valence-corrected chi connectivity index (χ4v) is 5.23. The van der Waals surface area contributed by atoms with E-state index < -0.39 is 17.3 Å². The molecule has 8 heteroatoms. The molecule has 1 fully saturated rings. The molecule has 1 saturated heterocycles. The van der Waals surface area contributed by atoms with Crippen LogP contribution < -0.4 is 16.1 Å². The van der Waals surface area contributed by atoms with Crippen LogP contribution in [-0.2, 0) is 26.1 Å². The van der Waals surface area contributed by atoms with Gasteiger partial charge in [-0.25, -0.2) is 13.6 Å². The predicted octanol–water partition coefficient (Wildman–Crippen LogP) is 5.24. The summed E-state index contributed by atoms with van der Waals surface area (Å²) >= 11 is 0. The van der Waals surface area contributed by atoms with E-state index in [1.807, 2.05) is 67.3 Å². The molecule has 1 aliphatic heterocycles. The number of aromatic nitrogens is 2. The van der Waals surface area contributed by atoms with Gasteiger partial charge >= 0.3 is 5.69 Å². The molecule has 41 heavy (non-hydrogen) atoms. The first kappa shape index (κ1) is 29.9. The fourth-order valence-electron chi connectivity index (χ4n) is 5.23. The lowest BCUT2D eigenvalue weighted by atomic mass is 10.1. The van der Waals surface area contributed by atoms with Crippen molar-refractivity contribution in [1.29, 1.82) is 0 Å². The van der Waals surface area contributed by atoms with E-state index in [-0.39, 0.29) is 24.2 Å². The van der Waals surface area contributed by atoms with Crippen LogP contribution in [0.1, 0.15) is 36.2 Å². The standard InChI is InChI=1S/C31H32F2N4O2.C2H6/c1-23-29(35-19-17-34(18-20-35)21-25-11-6-3-7-12-25)30(38)36(16-15-24-9-4-2-5-10-24)31(39)37(23)22-26-27(32)13-8-14-28(26)33;1-2/h2-14H,15-22H2,1H3;1-2H3. The molecule has 0 N–H and O–H groups in total. The number of hydrogen-bond acceptors (Lipinski definition) is 4. The molecule has 6 nitrogen and oxygen atoms in total. The summed E-state index contributed by atoms with van der Waals surface area (Å²) in [6.45, 7) is 9.09. The normalized spacial score (nSPS) is 13.5. The zero-order valence-electron chi connectivity index (χ0n) is 24.0. The van der Waals surface area contributed by atoms with Gasteiger partial charge in [-0.05, 0) is 36.6 Å². The molecule has 0 spiro atoms. The number of rotatable bonds is 8. The Hall–Kier alpha value is -4.04. The Kier molecular flexibility index (Phi) is 10.2. The minimum Gasteiger partial charge on any atom is -0.363 e. The minimum atomic E-state index is -0.723. The summed E-state index contributed by atoms with van der Waals surface area (Å²) in [5.74, 6) is -1.45. The van der Waals surface area contributed by atoms with Gasteiger partial charge in [0.15, 0.2) is 0 Å². The largest absolute Gasteiger partial charge is 0.363 e. The third kappa shape index (κ3) is 7.00. The molecule has 0 unspecified atom stereocenters. The van der Waals surface area contributed by atoms with E-state index in [1.165, 1.54) is 32.9 Å². The molecule has 3 aromatic carbocycles. The van der Waals surface area contributed by atoms with Crippen molar-refractivity contribution in [3.63, 3.8) is 0 Å². The van der Waals surface area contributed by atoms with Gasteiger partial charge in [0.1, 0.15) is 17.3 Å². The first-order valence-corrected chi connectivity index (χ1v) is 14.2. The Morgan fingerprint density at radius 3 is 1.83 bits per heavy atom. The monoisotopic (exact) mass is 560 g/mol. The van der Waals surface area contributed by atoms with Gasteiger partial charge in [0.2, 0.25) is 0 Å². The molecule has 0 aliphatic carbocycles. The van der Waals surface area contributed by atoms with E-state index in [2.05, 4.69) is 17.0 Å². The highest BCUT2D eigenvalue weighted by Gasteiger charge is 2.26. The van der Waals surface area contributed by atoms with Crippen molar-refractivity contribution in [3.05, 3.63) is 134 Å². The van der Waals surface area contributed by atoms with Crippen molar-refractivity contribution in [2.24, 2.45) is 0 Å². The second kappa shape index (κ2) is 14.0. The molecule has 0 radical (unpaired) electrons. The second-order valence-electron chi connectivity index (χ2n) is 9.94. The molecule has 0 saturated carbocycles. The maximum absolute atomic E-state index is 14.6. The van der Waals surface area contributed by atoms with Crippen molar-refractivity contribution < 1.29 is 8.78 Å². The summed E-state index contributed by atoms with van der Waals surface area (Å²) in [7, 11) is 0. The summed E-state index contributed by atoms with van der Waals surface area (Å²) in [5, 5.41) is 0. The van der Waals surface area contributed by atoms with Gasteiger partial charge < -0.3 is 4.90 Å². The van der Waals surface area contributed by atoms with Crippen LogP contribution in [0.2, 0.25) is 0 Å². The predicted molar refractivity (Wildman–Crippen MR) is 161 cm³/mol. The summed E-state index contributed by atoms with van der Waals surface area (Å²) in [6, 6.07) is 23.5. The van der Waals surface area contributed by atoms with E-state index in [1.54, 1.807) is 6.92 Å². The lowest BCUT2D eigenvalue weighted by Crippen LogP contribution is -2.51. The molecule has 0 amide bonds. The van der Waals surface area contributed by atoms with Crippen LogP contribution in [0.4, 0.5) is 14.5 Å². The number of benzene rings is 3. The summed E-state index contributed by atoms with van der Waals surface area (Å²) in [6.07, 6.45) is 0.484. The highest BCUT2D eigenvalue weighted by atomic mass is 19.1. The third-order valence-corrected chi connectivity index (χ3v) is 7.44. The highest BCUT2D eigenvalue weighted by Crippen LogP contribution is 2.20. The lowest BCUT2D eigenvalue weighted by molar-refractivity contribution is 0.249. The van der Waals surface area contributed by atoms with E-state index in [4.69, 9.17) is 0 Å². The van der Waals surface area contributed by atoms with Crippen molar-refractivity contribution in [2.45, 2.75) is 46.8 Å². The molecule has 1 aromatic heterocycles. The topological polar surface area (TPSA) is 50.5 Å². The summed E-state index contributed by atoms with van der Waals surface area (Å²) < 4.78 is 31.7. The van der Waals surface area contributed by atoms with Gasteiger partial charge in [0.05, 0.1) is 6.54 Å². The number of nitrogens with zero attached hydrogens (tertiary/aromatic N) is 4. The lowest BCUT2D eigenvalue weighted by Gasteiger charge is -2.36. The van der Waals surface area contributed by atoms with Crippen LogP contribution in [0.5, 0.6) is 0 Å². The molecular formula is C33H38F2N4O2. The van der Waals surface area contributed by atoms with Crippen LogP contribution in [0.15, 0.2) is 88.5 Å². The Balaban J connectivity index is 0.00000189. The van der Waals surface area contributed by atoms with Crippen molar-refractivity contribution in [1.82, 2.24) is 14.0 Å². The van der Waals surface area contributed by atoms with E-state index in [0.717, 1.165) is 25.2 Å². The summed E-state index contributed by atoms with van der Waals surface area (Å²) in [4.78, 5) is 31.7. The third-order valence-electron chi connectivity index (χ3n) is 7.44. The first-order chi connectivity index (χ1) is 19.9. The molecule has 2 heterocycles. The molecule has 1 aliphatic rings. The quantitative estimate of drug-likeness (QED) is 0.296. The fraction of sp³-hybridized carbons (Fsp3) is 0.333. The van der Waals surface area contributed by atoms with E-state index >= 15 is 0 Å². The van der Waals surface area contributed by atoms with Crippen LogP contribution in [0.3, 0.4) is 0 Å². The van der Waals surface area contributed by atoms with Crippen LogP contribution in [0.25, 0.3) is 0 Å². The maximum atomic E-state index is 14.6. The number of piperazine rings is 1. The van der Waals surface area contributed by atoms with Crippen LogP contribution in [-0.4, -0.2) is 40.2 Å². The van der Waals surface area contributed by atoms with Gasteiger partial charge in [-0.15, -0.1) is 0 Å². The average Bonchev–Trinajstić information content (AvgIpc) is 2.99. The number of anilines is 1. The average molecular weight is 561 g/mol. The zero-order valence-corrected chi connectivity index (χ0v) is 24.0. The van der Waals surface area contributed by atoms with Gasteiger partial charge in [0, 0.05) is 50.5 Å². The Morgan fingerprint density at radius 2 is 1.24 bits per heavy atom. The van der Waals surface area contributed by atoms with Crippen molar-refractivity contribution in [3.8, 4) is 0 Å². The van der Waals surface area contributed by atoms with Crippen LogP contribution >= 0.6 is 0 Å². The smallest absolute Gasteiger partial charge is 0.331 e. The minimum absolute atomic E-state index is 0.169. The number of aryl methyl sites for hydroxylation is 1. The van der Waals surface area contributed by atoms with E-state index in [0.29, 0.717) is 30.9 Å². The number of hydrogen-bond donors (Lipinski definition) is 0. The van der Waals surface area contributed by atoms with Crippen molar-refractivity contribution >= 4 is 5.69 Å². The number of halogens is 2. The van der Waals surface area contributed by atoms with Crippen molar-refractivity contribution in [2.75, 3.05) is 31.1 Å². The Bertz CT molecular complexity index is 1520. The van der Waals surface area contributed by atoms with Gasteiger partial charge in [-0.1, -0.05) is 80.6 Å². The molecule has 0 atom stereocenters. The first-order valence-electron chi connectivity index (χ1n) is 14.2. The van der Waals surface area contributed by atoms with Gasteiger partial charge in [0.25, 0.3) is 5.56 Å². The van der Waals surface area contributed by atoms with Gasteiger partial charge in [-0.3, -0.25) is 18.8 Å². The van der Waals surface area contributed by atoms with Gasteiger partial charge in [-0.2, -0.15) is 0 Å². The molecule has 0 bridgehead atoms. The second-order valence-corrected chi connectivity index (χ2v) is 9.94. The SMILES string of the molecule is CC.Cc1c(N2CCN(Cc3ccccc3)CC2)c(=O)n(CCc2ccccc2)c(=O)n1Cc1c(F)cccc1F. The molecule has 4 aromatic rings. The summed E-state index contributed by atoms with van der Waals surface area (Å²) in [5.41, 5.74) is 1.92. The highest BCUT2D eigenvalue weighted by molar-refractivity contribution is 5.49. The van der Waals surface area contributed by atoms with E-state index in [9.17, 15) is 18.4 Å². The molecule has 216 valence electrons. The van der Waals surface area contributed by atoms with Crippen LogP contribution in [0, 0.1) is 18.6 Å². The molecular weight excluding hydrogens is 522 g/mol. The maximum Gasteiger partial charge on any atom is 0.331 e. The Morgan fingerprint density at radius 1 is 0.683 bits per heavy atom. The Labute approximate surface area is 240 Å². The zero-order chi connectivity index (χ0) is 29.4. The molecule has 5 rings (SSSR count).